The lowest BCUT2D eigenvalue weighted by atomic mass is 9.88. The smallest absolute Gasteiger partial charge is 0.318 e. The zero-order valence-electron chi connectivity index (χ0n) is 15.1. The van der Waals surface area contributed by atoms with E-state index in [0.717, 1.165) is 50.8 Å². The van der Waals surface area contributed by atoms with E-state index in [1.807, 2.05) is 23.2 Å². The number of aryl methyl sites for hydroxylation is 1. The van der Waals surface area contributed by atoms with E-state index >= 15 is 0 Å². The Hall–Kier alpha value is -2.36. The minimum atomic E-state index is 0.226. The summed E-state index contributed by atoms with van der Waals surface area (Å²) >= 11 is 0. The molecule has 2 bridgehead atoms. The number of aromatic nitrogens is 1. The monoisotopic (exact) mass is 347 g/mol. The number of benzene rings is 1. The van der Waals surface area contributed by atoms with Gasteiger partial charge < -0.3 is 4.90 Å². The summed E-state index contributed by atoms with van der Waals surface area (Å²) in [6, 6.07) is 15.5. The Morgan fingerprint density at radius 3 is 2.54 bits per heavy atom. The van der Waals surface area contributed by atoms with E-state index in [1.54, 1.807) is 0 Å². The molecular weight excluding hydrogens is 322 g/mol. The number of carbonyl (C=O) groups excluding carboxylic acids is 1. The van der Waals surface area contributed by atoms with Gasteiger partial charge in [0.2, 0.25) is 0 Å². The minimum absolute atomic E-state index is 0.226. The van der Waals surface area contributed by atoms with Crippen molar-refractivity contribution in [2.45, 2.75) is 56.5 Å². The molecule has 1 aromatic carbocycles. The van der Waals surface area contributed by atoms with Crippen LogP contribution >= 0.6 is 0 Å². The van der Waals surface area contributed by atoms with E-state index in [2.05, 4.69) is 40.2 Å². The first kappa shape index (κ1) is 15.9. The highest BCUT2D eigenvalue weighted by molar-refractivity contribution is 5.94. The van der Waals surface area contributed by atoms with Crippen LogP contribution in [0.25, 0.3) is 0 Å². The molecule has 0 saturated carbocycles. The van der Waals surface area contributed by atoms with Crippen molar-refractivity contribution < 1.29 is 4.79 Å². The van der Waals surface area contributed by atoms with Crippen LogP contribution in [0, 0.1) is 0 Å². The summed E-state index contributed by atoms with van der Waals surface area (Å²) in [6.07, 6.45) is 8.39. The quantitative estimate of drug-likeness (QED) is 0.768. The second-order valence-corrected chi connectivity index (χ2v) is 7.88. The summed E-state index contributed by atoms with van der Waals surface area (Å²) < 4.78 is 0. The van der Waals surface area contributed by atoms with Gasteiger partial charge in [0, 0.05) is 42.1 Å². The number of fused-ring (bicyclic) bond motifs is 3. The Morgan fingerprint density at radius 2 is 1.77 bits per heavy atom. The molecule has 26 heavy (non-hydrogen) atoms. The van der Waals surface area contributed by atoms with Gasteiger partial charge in [-0.2, -0.15) is 0 Å². The van der Waals surface area contributed by atoms with Crippen LogP contribution in [0.3, 0.4) is 0 Å². The number of rotatable bonds is 1. The molecule has 3 aliphatic heterocycles. The Morgan fingerprint density at radius 1 is 1.00 bits per heavy atom. The molecule has 2 aromatic rings. The van der Waals surface area contributed by atoms with Crippen LogP contribution in [0.15, 0.2) is 48.7 Å². The zero-order chi connectivity index (χ0) is 17.5. The third-order valence-electron chi connectivity index (χ3n) is 6.40. The fourth-order valence-electron chi connectivity index (χ4n) is 5.22. The number of hydrogen-bond donors (Lipinski definition) is 0. The fraction of sp³-hybridized carbons (Fsp3) is 0.455. The molecule has 0 unspecified atom stereocenters. The molecule has 3 atom stereocenters. The second-order valence-electron chi connectivity index (χ2n) is 7.88. The Bertz CT molecular complexity index is 792. The van der Waals surface area contributed by atoms with Crippen molar-refractivity contribution in [1.29, 1.82) is 0 Å². The number of para-hydroxylation sites is 1. The number of hydrogen-bond acceptors (Lipinski definition) is 2. The van der Waals surface area contributed by atoms with Crippen molar-refractivity contribution in [2.24, 2.45) is 0 Å². The van der Waals surface area contributed by atoms with E-state index in [-0.39, 0.29) is 6.03 Å². The topological polar surface area (TPSA) is 36.4 Å². The van der Waals surface area contributed by atoms with Gasteiger partial charge in [0.15, 0.2) is 0 Å². The lowest BCUT2D eigenvalue weighted by molar-refractivity contribution is 0.142. The van der Waals surface area contributed by atoms with Gasteiger partial charge in [-0.25, -0.2) is 4.79 Å². The number of pyridine rings is 1. The van der Waals surface area contributed by atoms with Crippen molar-refractivity contribution in [1.82, 2.24) is 9.88 Å². The first-order valence-corrected chi connectivity index (χ1v) is 9.90. The Balaban J connectivity index is 1.38. The molecule has 3 aliphatic rings. The molecule has 2 fully saturated rings. The van der Waals surface area contributed by atoms with E-state index in [0.29, 0.717) is 18.0 Å². The van der Waals surface area contributed by atoms with E-state index in [4.69, 9.17) is 0 Å². The van der Waals surface area contributed by atoms with Crippen LogP contribution < -0.4 is 4.90 Å². The van der Waals surface area contributed by atoms with Crippen molar-refractivity contribution in [2.75, 3.05) is 11.4 Å². The van der Waals surface area contributed by atoms with Crippen LogP contribution in [-0.2, 0) is 6.42 Å². The summed E-state index contributed by atoms with van der Waals surface area (Å²) in [4.78, 5) is 22.3. The minimum Gasteiger partial charge on any atom is -0.318 e. The Kier molecular flexibility index (Phi) is 3.92. The van der Waals surface area contributed by atoms with Gasteiger partial charge in [-0.3, -0.25) is 9.88 Å². The molecule has 0 aliphatic carbocycles. The maximum atomic E-state index is 13.5. The summed E-state index contributed by atoms with van der Waals surface area (Å²) in [5.74, 6) is 0.492. The second kappa shape index (κ2) is 6.42. The van der Waals surface area contributed by atoms with Crippen LogP contribution in [-0.4, -0.2) is 34.5 Å². The largest absolute Gasteiger partial charge is 0.324 e. The molecular formula is C22H25N3O. The number of anilines is 1. The highest BCUT2D eigenvalue weighted by Gasteiger charge is 2.45. The molecule has 2 amide bonds. The molecule has 0 N–H and O–H groups in total. The number of nitrogens with zero attached hydrogens (tertiary/aromatic N) is 3. The van der Waals surface area contributed by atoms with Crippen LogP contribution in [0.5, 0.6) is 0 Å². The molecule has 4 heteroatoms. The number of piperidine rings is 1. The van der Waals surface area contributed by atoms with Crippen molar-refractivity contribution in [3.8, 4) is 0 Å². The van der Waals surface area contributed by atoms with E-state index < -0.39 is 0 Å². The predicted molar refractivity (Wildman–Crippen MR) is 102 cm³/mol. The standard InChI is InChI=1S/C22H25N3O/c26-22(24-13-5-7-16-6-1-2-9-21(16)24)25-18-10-11-19(25)15-17(14-18)20-8-3-4-12-23-20/h1-4,6,8-9,12,17-19H,5,7,10-11,13-15H2/t17-,18-,19+. The molecule has 0 radical (unpaired) electrons. The average Bonchev–Trinajstić information content (AvgIpc) is 2.97. The summed E-state index contributed by atoms with van der Waals surface area (Å²) in [5.41, 5.74) is 3.62. The van der Waals surface area contributed by atoms with Gasteiger partial charge in [-0.05, 0) is 62.3 Å². The maximum Gasteiger partial charge on any atom is 0.324 e. The number of amides is 2. The van der Waals surface area contributed by atoms with E-state index in [9.17, 15) is 4.79 Å². The van der Waals surface area contributed by atoms with Gasteiger partial charge in [0.05, 0.1) is 0 Å². The van der Waals surface area contributed by atoms with Gasteiger partial charge in [-0.1, -0.05) is 24.3 Å². The summed E-state index contributed by atoms with van der Waals surface area (Å²) in [5, 5.41) is 0. The molecule has 134 valence electrons. The molecule has 4 heterocycles. The van der Waals surface area contributed by atoms with Crippen molar-refractivity contribution in [3.05, 3.63) is 59.9 Å². The van der Waals surface area contributed by atoms with Gasteiger partial charge in [0.25, 0.3) is 0 Å². The van der Waals surface area contributed by atoms with Crippen molar-refractivity contribution in [3.63, 3.8) is 0 Å². The molecule has 5 rings (SSSR count). The Labute approximate surface area is 154 Å². The van der Waals surface area contributed by atoms with Gasteiger partial charge in [-0.15, -0.1) is 0 Å². The highest BCUT2D eigenvalue weighted by Crippen LogP contribution is 2.43. The normalized spacial score (nSPS) is 27.3. The van der Waals surface area contributed by atoms with Crippen LogP contribution in [0.1, 0.15) is 49.3 Å². The summed E-state index contributed by atoms with van der Waals surface area (Å²) in [7, 11) is 0. The van der Waals surface area contributed by atoms with Crippen molar-refractivity contribution >= 4 is 11.7 Å². The average molecular weight is 347 g/mol. The lowest BCUT2D eigenvalue weighted by Gasteiger charge is -2.42. The summed E-state index contributed by atoms with van der Waals surface area (Å²) in [6.45, 7) is 0.843. The molecule has 4 nitrogen and oxygen atoms in total. The first-order chi connectivity index (χ1) is 12.8. The van der Waals surface area contributed by atoms with Crippen LogP contribution in [0.2, 0.25) is 0 Å². The predicted octanol–water partition coefficient (Wildman–Crippen LogP) is 4.36. The molecule has 1 aromatic heterocycles. The SMILES string of the molecule is O=C(N1CCCc2ccccc21)N1[C@@H]2CC[C@H]1C[C@H](c1ccccn1)C2. The van der Waals surface area contributed by atoms with Gasteiger partial charge >= 0.3 is 6.03 Å². The lowest BCUT2D eigenvalue weighted by Crippen LogP contribution is -2.53. The highest BCUT2D eigenvalue weighted by atomic mass is 16.2. The maximum absolute atomic E-state index is 13.5. The molecule has 0 spiro atoms. The van der Waals surface area contributed by atoms with Gasteiger partial charge in [0.1, 0.15) is 0 Å². The number of carbonyl (C=O) groups is 1. The number of urea groups is 1. The zero-order valence-corrected chi connectivity index (χ0v) is 15.1. The molecule has 2 saturated heterocycles. The fourth-order valence-corrected chi connectivity index (χ4v) is 5.22. The third-order valence-corrected chi connectivity index (χ3v) is 6.40. The third kappa shape index (κ3) is 2.59. The van der Waals surface area contributed by atoms with Crippen LogP contribution in [0.4, 0.5) is 10.5 Å². The first-order valence-electron chi connectivity index (χ1n) is 9.90. The van der Waals surface area contributed by atoms with E-state index in [1.165, 1.54) is 11.3 Å².